The number of nitrogens with zero attached hydrogens (tertiary/aromatic N) is 2. The quantitative estimate of drug-likeness (QED) is 0.870. The van der Waals surface area contributed by atoms with Crippen molar-refractivity contribution in [3.05, 3.63) is 45.9 Å². The number of benzene rings is 1. The first-order valence-corrected chi connectivity index (χ1v) is 7.98. The Morgan fingerprint density at radius 2 is 2.23 bits per heavy atom. The first kappa shape index (κ1) is 15.0. The molecule has 1 aromatic heterocycles. The van der Waals surface area contributed by atoms with E-state index in [9.17, 15) is 9.18 Å². The van der Waals surface area contributed by atoms with Crippen molar-refractivity contribution in [1.29, 1.82) is 0 Å². The summed E-state index contributed by atoms with van der Waals surface area (Å²) in [7, 11) is 1.52. The van der Waals surface area contributed by atoms with Crippen molar-refractivity contribution in [3.63, 3.8) is 0 Å². The first-order valence-electron chi connectivity index (χ1n) is 7.10. The number of carbonyl (C=O) groups is 1. The predicted octanol–water partition coefficient (Wildman–Crippen LogP) is 3.39. The molecule has 6 heteroatoms. The molecule has 2 aromatic rings. The Morgan fingerprint density at radius 3 is 2.91 bits per heavy atom. The Labute approximate surface area is 132 Å². The number of methoxy groups -OCH3 is 1. The maximum atomic E-state index is 13.9. The second kappa shape index (κ2) is 6.04. The van der Waals surface area contributed by atoms with E-state index in [1.165, 1.54) is 18.4 Å². The fraction of sp³-hybridized carbons (Fsp3) is 0.375. The van der Waals surface area contributed by atoms with Gasteiger partial charge in [0.15, 0.2) is 0 Å². The average molecular weight is 320 g/mol. The second-order valence-electron chi connectivity index (χ2n) is 5.33. The Balaban J connectivity index is 1.93. The SMILES string of the molecule is COc1ccccc1C(=O)N1C[C@@H](F)C[C@@H]1c1nc(C)cs1. The molecular weight excluding hydrogens is 303 g/mol. The maximum absolute atomic E-state index is 13.9. The molecule has 0 N–H and O–H groups in total. The molecule has 0 unspecified atom stereocenters. The van der Waals surface area contributed by atoms with Crippen LogP contribution in [0.2, 0.25) is 0 Å². The summed E-state index contributed by atoms with van der Waals surface area (Å²) < 4.78 is 19.2. The first-order chi connectivity index (χ1) is 10.6. The van der Waals surface area contributed by atoms with E-state index < -0.39 is 6.17 Å². The fourth-order valence-electron chi connectivity index (χ4n) is 2.74. The molecule has 0 saturated carbocycles. The van der Waals surface area contributed by atoms with E-state index in [0.29, 0.717) is 17.7 Å². The summed E-state index contributed by atoms with van der Waals surface area (Å²) in [5.74, 6) is 0.291. The molecule has 0 aliphatic carbocycles. The lowest BCUT2D eigenvalue weighted by molar-refractivity contribution is 0.0724. The van der Waals surface area contributed by atoms with Crippen LogP contribution in [0.15, 0.2) is 29.6 Å². The highest BCUT2D eigenvalue weighted by molar-refractivity contribution is 7.09. The molecule has 3 rings (SSSR count). The lowest BCUT2D eigenvalue weighted by atomic mass is 10.1. The lowest BCUT2D eigenvalue weighted by Crippen LogP contribution is -2.31. The third-order valence-corrected chi connectivity index (χ3v) is 4.83. The monoisotopic (exact) mass is 320 g/mol. The molecule has 116 valence electrons. The average Bonchev–Trinajstić information content (AvgIpc) is 3.12. The molecule has 2 atom stereocenters. The Hall–Kier alpha value is -1.95. The smallest absolute Gasteiger partial charge is 0.258 e. The van der Waals surface area contributed by atoms with Crippen molar-refractivity contribution in [2.45, 2.75) is 25.6 Å². The van der Waals surface area contributed by atoms with Gasteiger partial charge in [-0.15, -0.1) is 11.3 Å². The number of ether oxygens (including phenoxy) is 1. The number of thiazole rings is 1. The van der Waals surface area contributed by atoms with Gasteiger partial charge in [-0.1, -0.05) is 12.1 Å². The van der Waals surface area contributed by atoms with Crippen LogP contribution < -0.4 is 4.74 Å². The summed E-state index contributed by atoms with van der Waals surface area (Å²) in [6.07, 6.45) is -0.721. The normalized spacial score (nSPS) is 21.1. The fourth-order valence-corrected chi connectivity index (χ4v) is 3.67. The van der Waals surface area contributed by atoms with E-state index in [2.05, 4.69) is 4.98 Å². The van der Waals surface area contributed by atoms with Gasteiger partial charge in [0.2, 0.25) is 0 Å². The molecule has 0 spiro atoms. The highest BCUT2D eigenvalue weighted by Gasteiger charge is 2.38. The van der Waals surface area contributed by atoms with Gasteiger partial charge in [0.25, 0.3) is 5.91 Å². The number of hydrogen-bond donors (Lipinski definition) is 0. The highest BCUT2D eigenvalue weighted by atomic mass is 32.1. The minimum absolute atomic E-state index is 0.0974. The van der Waals surface area contributed by atoms with Gasteiger partial charge in [0.1, 0.15) is 16.9 Å². The molecule has 1 aliphatic rings. The molecule has 1 aromatic carbocycles. The van der Waals surface area contributed by atoms with Crippen LogP contribution in [0.5, 0.6) is 5.75 Å². The Morgan fingerprint density at radius 1 is 1.45 bits per heavy atom. The summed E-state index contributed by atoms with van der Waals surface area (Å²) in [6, 6.07) is 6.72. The zero-order valence-corrected chi connectivity index (χ0v) is 13.3. The zero-order valence-electron chi connectivity index (χ0n) is 12.5. The summed E-state index contributed by atoms with van der Waals surface area (Å²) in [4.78, 5) is 18.8. The summed E-state index contributed by atoms with van der Waals surface area (Å²) in [5.41, 5.74) is 1.35. The van der Waals surface area contributed by atoms with Crippen LogP contribution in [0.3, 0.4) is 0 Å². The van der Waals surface area contributed by atoms with Crippen LogP contribution >= 0.6 is 11.3 Å². The minimum Gasteiger partial charge on any atom is -0.496 e. The van der Waals surface area contributed by atoms with Crippen molar-refractivity contribution in [3.8, 4) is 5.75 Å². The van der Waals surface area contributed by atoms with E-state index in [-0.39, 0.29) is 18.5 Å². The number of para-hydroxylation sites is 1. The van der Waals surface area contributed by atoms with Gasteiger partial charge < -0.3 is 9.64 Å². The number of rotatable bonds is 3. The number of amides is 1. The van der Waals surface area contributed by atoms with E-state index in [1.54, 1.807) is 29.2 Å². The van der Waals surface area contributed by atoms with Crippen LogP contribution in [-0.4, -0.2) is 35.6 Å². The molecule has 2 heterocycles. The molecule has 1 amide bonds. The van der Waals surface area contributed by atoms with Gasteiger partial charge in [-0.05, 0) is 19.1 Å². The van der Waals surface area contributed by atoms with Gasteiger partial charge in [0, 0.05) is 17.5 Å². The largest absolute Gasteiger partial charge is 0.496 e. The van der Waals surface area contributed by atoms with E-state index in [1.807, 2.05) is 12.3 Å². The second-order valence-corrected chi connectivity index (χ2v) is 6.22. The predicted molar refractivity (Wildman–Crippen MR) is 83.1 cm³/mol. The number of likely N-dealkylation sites (tertiary alicyclic amines) is 1. The molecule has 4 nitrogen and oxygen atoms in total. The molecule has 22 heavy (non-hydrogen) atoms. The standard InChI is InChI=1S/C16H17FN2O2S/c1-10-9-22-15(18-10)13-7-11(17)8-19(13)16(20)12-5-3-4-6-14(12)21-2/h3-6,9,11,13H,7-8H2,1-2H3/t11-,13+/m0/s1. The number of alkyl halides is 1. The van der Waals surface area contributed by atoms with E-state index in [4.69, 9.17) is 4.74 Å². The van der Waals surface area contributed by atoms with Crippen molar-refractivity contribution in [2.24, 2.45) is 0 Å². The number of aryl methyl sites for hydroxylation is 1. The van der Waals surface area contributed by atoms with Crippen LogP contribution in [0.4, 0.5) is 4.39 Å². The zero-order chi connectivity index (χ0) is 15.7. The number of carbonyl (C=O) groups excluding carboxylic acids is 1. The van der Waals surface area contributed by atoms with Gasteiger partial charge in [0.05, 0.1) is 25.3 Å². The minimum atomic E-state index is -1.02. The van der Waals surface area contributed by atoms with Crippen molar-refractivity contribution >= 4 is 17.2 Å². The van der Waals surface area contributed by atoms with Gasteiger partial charge in [-0.3, -0.25) is 4.79 Å². The topological polar surface area (TPSA) is 42.4 Å². The summed E-state index contributed by atoms with van der Waals surface area (Å²) >= 11 is 1.47. The third-order valence-electron chi connectivity index (χ3n) is 3.77. The Kier molecular flexibility index (Phi) is 4.11. The number of halogens is 1. The molecule has 1 saturated heterocycles. The maximum Gasteiger partial charge on any atom is 0.258 e. The van der Waals surface area contributed by atoms with Gasteiger partial charge >= 0.3 is 0 Å². The van der Waals surface area contributed by atoms with Gasteiger partial charge in [-0.25, -0.2) is 9.37 Å². The van der Waals surface area contributed by atoms with Crippen molar-refractivity contribution in [1.82, 2.24) is 9.88 Å². The van der Waals surface area contributed by atoms with Crippen LogP contribution in [0, 0.1) is 6.92 Å². The lowest BCUT2D eigenvalue weighted by Gasteiger charge is -2.23. The van der Waals surface area contributed by atoms with Crippen LogP contribution in [-0.2, 0) is 0 Å². The van der Waals surface area contributed by atoms with Crippen molar-refractivity contribution < 1.29 is 13.9 Å². The molecule has 1 fully saturated rings. The Bertz CT molecular complexity index is 688. The summed E-state index contributed by atoms with van der Waals surface area (Å²) in [5, 5.41) is 2.72. The van der Waals surface area contributed by atoms with Crippen LogP contribution in [0.25, 0.3) is 0 Å². The van der Waals surface area contributed by atoms with Gasteiger partial charge in [-0.2, -0.15) is 0 Å². The van der Waals surface area contributed by atoms with Crippen LogP contribution in [0.1, 0.15) is 33.5 Å². The molecular formula is C16H17FN2O2S. The molecule has 0 bridgehead atoms. The number of aromatic nitrogens is 1. The molecule has 0 radical (unpaired) electrons. The van der Waals surface area contributed by atoms with Crippen molar-refractivity contribution in [2.75, 3.05) is 13.7 Å². The molecule has 1 aliphatic heterocycles. The third kappa shape index (κ3) is 2.70. The number of hydrogen-bond acceptors (Lipinski definition) is 4. The highest BCUT2D eigenvalue weighted by Crippen LogP contribution is 2.37. The van der Waals surface area contributed by atoms with E-state index >= 15 is 0 Å². The van der Waals surface area contributed by atoms with E-state index in [0.717, 1.165) is 10.7 Å². The summed E-state index contributed by atoms with van der Waals surface area (Å²) in [6.45, 7) is 1.99.